The van der Waals surface area contributed by atoms with E-state index in [0.717, 1.165) is 0 Å². The maximum atomic E-state index is 13.8. The Bertz CT molecular complexity index is 2350. The molecule has 34 nitrogen and oxygen atoms in total. The Morgan fingerprint density at radius 1 is 0.392 bits per heavy atom. The van der Waals surface area contributed by atoms with Gasteiger partial charge in [-0.1, -0.05) is 44.9 Å². The molecule has 0 aromatic carbocycles. The van der Waals surface area contributed by atoms with Crippen molar-refractivity contribution in [2.75, 3.05) is 77.1 Å². The summed E-state index contributed by atoms with van der Waals surface area (Å²) in [5.41, 5.74) is 0. The summed E-state index contributed by atoms with van der Waals surface area (Å²) in [7, 11) is 0. The zero-order valence-electron chi connectivity index (χ0n) is 55.9. The van der Waals surface area contributed by atoms with Gasteiger partial charge in [-0.15, -0.1) is 0 Å². The van der Waals surface area contributed by atoms with Crippen molar-refractivity contribution in [2.24, 2.45) is 0 Å². The van der Waals surface area contributed by atoms with E-state index in [9.17, 15) is 89.1 Å². The number of thiol groups is 2. The third-order valence-corrected chi connectivity index (χ3v) is 16.5. The highest BCUT2D eigenvalue weighted by Gasteiger charge is 2.47. The normalized spacial score (nSPS) is 26.2. The molecule has 36 heteroatoms. The Morgan fingerprint density at radius 2 is 0.742 bits per heavy atom. The fourth-order valence-electron chi connectivity index (χ4n) is 10.7. The van der Waals surface area contributed by atoms with Gasteiger partial charge >= 0.3 is 0 Å². The number of rotatable bonds is 49. The zero-order chi connectivity index (χ0) is 71.8. The van der Waals surface area contributed by atoms with Gasteiger partial charge in [-0.05, 0) is 70.8 Å². The van der Waals surface area contributed by atoms with Crippen molar-refractivity contribution in [1.82, 2.24) is 52.8 Å². The highest BCUT2D eigenvalue weighted by atomic mass is 32.1. The largest absolute Gasteiger partial charge is 0.388 e. The van der Waals surface area contributed by atoms with E-state index in [4.69, 9.17) is 28.4 Å². The van der Waals surface area contributed by atoms with Crippen molar-refractivity contribution in [3.05, 3.63) is 0 Å². The van der Waals surface area contributed by atoms with Gasteiger partial charge in [-0.3, -0.25) is 48.1 Å². The fourth-order valence-corrected chi connectivity index (χ4v) is 11.1. The summed E-state index contributed by atoms with van der Waals surface area (Å²) in [5, 5.41) is 115. The molecule has 0 radical (unpaired) electrons. The molecule has 9 amide bonds. The van der Waals surface area contributed by atoms with E-state index in [0.29, 0.717) is 127 Å². The summed E-state index contributed by atoms with van der Waals surface area (Å²) >= 11 is 8.45. The van der Waals surface area contributed by atoms with E-state index in [-0.39, 0.29) is 84.0 Å². The lowest BCUT2D eigenvalue weighted by Gasteiger charge is -2.40. The van der Waals surface area contributed by atoms with Crippen LogP contribution in [0.5, 0.6) is 0 Å². The number of amides is 9. The van der Waals surface area contributed by atoms with Crippen LogP contribution in [-0.2, 0) is 71.6 Å². The van der Waals surface area contributed by atoms with E-state index in [1.807, 2.05) is 4.90 Å². The Hall–Kier alpha value is -4.71. The molecule has 2 unspecified atom stereocenters. The zero-order valence-corrected chi connectivity index (χ0v) is 57.7. The van der Waals surface area contributed by atoms with Gasteiger partial charge in [0.1, 0.15) is 66.8 Å². The number of hydrogen-bond donors (Lipinski definition) is 20. The molecule has 18 N–H and O–H groups in total. The van der Waals surface area contributed by atoms with Crippen LogP contribution in [0, 0.1) is 0 Å². The maximum Gasteiger partial charge on any atom is 0.242 e. The van der Waals surface area contributed by atoms with Crippen LogP contribution in [0.2, 0.25) is 0 Å². The van der Waals surface area contributed by atoms with Crippen LogP contribution in [0.1, 0.15) is 149 Å². The molecule has 97 heavy (non-hydrogen) atoms. The van der Waals surface area contributed by atoms with Gasteiger partial charge in [-0.2, -0.15) is 25.3 Å². The van der Waals surface area contributed by atoms with E-state index >= 15 is 0 Å². The molecule has 0 aromatic rings. The Labute approximate surface area is 577 Å². The molecular weight excluding hydrogens is 1320 g/mol. The van der Waals surface area contributed by atoms with Crippen LogP contribution >= 0.6 is 25.3 Å². The fraction of sp³-hybridized carbons (Fsp3) is 0.852. The monoisotopic (exact) mass is 1430 g/mol. The van der Waals surface area contributed by atoms with Gasteiger partial charge < -0.3 is 122 Å². The average Bonchev–Trinajstić information content (AvgIpc) is 0.834. The van der Waals surface area contributed by atoms with Gasteiger partial charge in [-0.25, -0.2) is 0 Å². The quantitative estimate of drug-likeness (QED) is 0.0201. The first-order valence-corrected chi connectivity index (χ1v) is 34.9. The Morgan fingerprint density at radius 3 is 1.12 bits per heavy atom. The highest BCUT2D eigenvalue weighted by molar-refractivity contribution is 7.80. The molecule has 0 aromatic heterocycles. The topological polar surface area (TPSA) is 503 Å². The van der Waals surface area contributed by atoms with Crippen LogP contribution in [0.15, 0.2) is 0 Å². The lowest BCUT2D eigenvalue weighted by molar-refractivity contribution is -0.315. The molecule has 560 valence electrons. The van der Waals surface area contributed by atoms with Crippen molar-refractivity contribution < 1.29 is 118 Å². The van der Waals surface area contributed by atoms with Crippen molar-refractivity contribution >= 4 is 78.4 Å². The predicted molar refractivity (Wildman–Crippen MR) is 352 cm³/mol. The minimum absolute atomic E-state index is 0.0538. The molecule has 3 saturated heterocycles. The molecule has 3 heterocycles. The minimum atomic E-state index is -1.75. The second-order valence-corrected chi connectivity index (χ2v) is 25.2. The molecule has 0 aliphatic carbocycles. The molecule has 3 rings (SSSR count). The number of ether oxygens (including phenoxy) is 6. The lowest BCUT2D eigenvalue weighted by atomic mass is 10.0. The summed E-state index contributed by atoms with van der Waals surface area (Å²) in [4.78, 5) is 118. The van der Waals surface area contributed by atoms with Gasteiger partial charge in [0.2, 0.25) is 53.2 Å². The third-order valence-electron chi connectivity index (χ3n) is 16.0. The summed E-state index contributed by atoms with van der Waals surface area (Å²) in [6.07, 6.45) is -10.9. The van der Waals surface area contributed by atoms with Crippen molar-refractivity contribution in [1.29, 1.82) is 0 Å². The Balaban J connectivity index is 1.61. The summed E-state index contributed by atoms with van der Waals surface area (Å²) in [6, 6.07) is -5.79. The van der Waals surface area contributed by atoms with E-state index in [1.165, 1.54) is 20.8 Å². The maximum absolute atomic E-state index is 13.8. The van der Waals surface area contributed by atoms with Crippen LogP contribution in [-0.4, -0.2) is 286 Å². The third kappa shape index (κ3) is 34.5. The van der Waals surface area contributed by atoms with E-state index in [1.54, 1.807) is 0 Å². The number of nitrogens with zero attached hydrogens (tertiary/aromatic N) is 1. The first kappa shape index (κ1) is 86.5. The highest BCUT2D eigenvalue weighted by Crippen LogP contribution is 2.24. The standard InChI is InChI=1S/C61H110N10O24S2/c1-36(72)66-45-48(79)51(82)56(87)93-59(45)90-30-16-7-4-12-24-62-41(75)22-20-39(54(85)64-25-13-5-8-17-31-91-60-46(67-37(2)73)49(80)52(83)57(88)94-60)70-43(77)23-21-40(69-42(76)19-11-10-15-28-71(29-34-97)35-44(78)63-27-33-96)55(86)65-26-14-6-9-18-32-92-61-47(68-38(3)74)50(81)53(84)58(89)95-61/h39-40,45-53,56-61,79-84,87-89,96-97H,4-35H2,1-3H3,(H,62,75)(H,63,78)(H,64,85)(H,65,86)(H,66,72)(H,67,73)(H,68,74)(H,69,76)(H,70,77)/t39?,40?,45-,46-,47-,48-,49-,50-,51-,52-,53-,56+,57+,58+,59-,60-,61-/m1/s1. The number of hydrogen-bond acceptors (Lipinski definition) is 27. The first-order chi connectivity index (χ1) is 46.3. The van der Waals surface area contributed by atoms with Crippen molar-refractivity contribution in [3.8, 4) is 0 Å². The predicted octanol–water partition coefficient (Wildman–Crippen LogP) is -4.86. The van der Waals surface area contributed by atoms with Gasteiger partial charge in [0.05, 0.1) is 6.54 Å². The van der Waals surface area contributed by atoms with Gasteiger partial charge in [0.15, 0.2) is 37.7 Å². The second-order valence-electron chi connectivity index (χ2n) is 24.3. The van der Waals surface area contributed by atoms with E-state index in [2.05, 4.69) is 73.1 Å². The number of unbranched alkanes of at least 4 members (excludes halogenated alkanes) is 11. The molecule has 3 fully saturated rings. The SMILES string of the molecule is CC(=O)N[C@H]1[C@H](OCCCCCCNC(=O)CCC(NC(=O)CCC(NC(=O)CCCCCN(CCS)CC(=O)NCCS)C(=O)NCCCCCCO[C@@H]2O[C@H](O)[C@H](O)[C@H](O)[C@H]2NC(C)=O)C(=O)NCCCCCCO[C@@H]2O[C@H](O)[C@H](O)[C@H](O)[C@H]2NC(C)=O)O[C@H](O)[C@H](O)[C@@H]1O. The molecule has 17 atom stereocenters. The van der Waals surface area contributed by atoms with Crippen molar-refractivity contribution in [3.63, 3.8) is 0 Å². The number of aliphatic hydroxyl groups is 9. The number of carbonyl (C=O) groups is 9. The lowest BCUT2D eigenvalue weighted by Crippen LogP contribution is -2.63. The molecular formula is C61H110N10O24S2. The van der Waals surface area contributed by atoms with E-state index < -0.39 is 152 Å². The van der Waals surface area contributed by atoms with Crippen LogP contribution in [0.25, 0.3) is 0 Å². The number of aliphatic hydroxyl groups excluding tert-OH is 9. The average molecular weight is 1430 g/mol. The van der Waals surface area contributed by atoms with Crippen LogP contribution in [0.4, 0.5) is 0 Å². The molecule has 0 spiro atoms. The minimum Gasteiger partial charge on any atom is -0.388 e. The van der Waals surface area contributed by atoms with Crippen LogP contribution in [0.3, 0.4) is 0 Å². The smallest absolute Gasteiger partial charge is 0.242 e. The summed E-state index contributed by atoms with van der Waals surface area (Å²) in [5.74, 6) is -3.26. The molecule has 0 bridgehead atoms. The number of nitrogens with one attached hydrogen (secondary N) is 9. The van der Waals surface area contributed by atoms with Gasteiger partial charge in [0.25, 0.3) is 0 Å². The second kappa shape index (κ2) is 49.0. The first-order valence-electron chi connectivity index (χ1n) is 33.6. The number of carbonyl (C=O) groups excluding carboxylic acids is 9. The Kier molecular flexibility index (Phi) is 43.7. The van der Waals surface area contributed by atoms with Crippen LogP contribution < -0.4 is 47.9 Å². The summed E-state index contributed by atoms with van der Waals surface area (Å²) < 4.78 is 32.8. The van der Waals surface area contributed by atoms with Crippen molar-refractivity contribution in [2.45, 2.75) is 254 Å². The molecule has 3 aliphatic heterocycles. The molecule has 3 aliphatic rings. The van der Waals surface area contributed by atoms with Gasteiger partial charge in [0, 0.05) is 104 Å². The summed E-state index contributed by atoms with van der Waals surface area (Å²) in [6.45, 7) is 6.39. The molecule has 0 saturated carbocycles.